The zero-order chi connectivity index (χ0) is 29.1. The summed E-state index contributed by atoms with van der Waals surface area (Å²) in [5.74, 6) is -0.331. The zero-order valence-corrected chi connectivity index (χ0v) is 22.0. The molecule has 218 valence electrons. The van der Waals surface area contributed by atoms with Crippen LogP contribution in [0.25, 0.3) is 0 Å². The Kier molecular flexibility index (Phi) is 9.09. The Morgan fingerprint density at radius 3 is 1.98 bits per heavy atom. The Hall–Kier alpha value is -3.12. The molecular formula is C28H31F6N3O3. The number of benzene rings is 2. The molecule has 2 saturated heterocycles. The molecule has 0 radical (unpaired) electrons. The van der Waals surface area contributed by atoms with Gasteiger partial charge in [0.25, 0.3) is 0 Å². The van der Waals surface area contributed by atoms with Crippen molar-refractivity contribution in [2.24, 2.45) is 0 Å². The van der Waals surface area contributed by atoms with Crippen LogP contribution in [0.5, 0.6) is 0 Å². The Bertz CT molecular complexity index is 1150. The van der Waals surface area contributed by atoms with Crippen molar-refractivity contribution in [1.29, 1.82) is 0 Å². The maximum Gasteiger partial charge on any atom is 0.416 e. The van der Waals surface area contributed by atoms with Crippen LogP contribution in [0.3, 0.4) is 0 Å². The summed E-state index contributed by atoms with van der Waals surface area (Å²) in [7, 11) is 0. The molecule has 2 fully saturated rings. The lowest BCUT2D eigenvalue weighted by Gasteiger charge is -2.40. The minimum atomic E-state index is -4.93. The zero-order valence-electron chi connectivity index (χ0n) is 22.0. The van der Waals surface area contributed by atoms with Gasteiger partial charge >= 0.3 is 12.4 Å². The SMILES string of the molecule is CC(=O)N1CCN(C(=O)CN2CC[C@H](OCc3cc(C(F)(F)F)cc(C(F)(F)F)c3)C(c3ccccc3)C2)CC1. The van der Waals surface area contributed by atoms with Gasteiger partial charge in [-0.2, -0.15) is 26.3 Å². The highest BCUT2D eigenvalue weighted by Gasteiger charge is 2.38. The fraction of sp³-hybridized carbons (Fsp3) is 0.500. The molecule has 0 N–H and O–H groups in total. The van der Waals surface area contributed by atoms with Crippen molar-refractivity contribution in [3.05, 3.63) is 70.8 Å². The quantitative estimate of drug-likeness (QED) is 0.468. The van der Waals surface area contributed by atoms with Crippen molar-refractivity contribution in [1.82, 2.24) is 14.7 Å². The summed E-state index contributed by atoms with van der Waals surface area (Å²) >= 11 is 0. The molecule has 0 spiro atoms. The first-order chi connectivity index (χ1) is 18.8. The second-order valence-corrected chi connectivity index (χ2v) is 10.2. The topological polar surface area (TPSA) is 53.1 Å². The number of halogens is 6. The summed E-state index contributed by atoms with van der Waals surface area (Å²) in [4.78, 5) is 29.9. The molecule has 40 heavy (non-hydrogen) atoms. The van der Waals surface area contributed by atoms with Crippen molar-refractivity contribution < 1.29 is 40.7 Å². The molecule has 2 aromatic carbocycles. The van der Waals surface area contributed by atoms with Gasteiger partial charge in [-0.1, -0.05) is 30.3 Å². The number of carbonyl (C=O) groups is 2. The van der Waals surface area contributed by atoms with Crippen LogP contribution in [0.1, 0.15) is 41.5 Å². The van der Waals surface area contributed by atoms with E-state index in [2.05, 4.69) is 0 Å². The molecule has 2 atom stereocenters. The molecule has 2 aromatic rings. The van der Waals surface area contributed by atoms with Crippen molar-refractivity contribution in [2.75, 3.05) is 45.8 Å². The summed E-state index contributed by atoms with van der Waals surface area (Å²) in [5, 5.41) is 0. The fourth-order valence-electron chi connectivity index (χ4n) is 5.23. The lowest BCUT2D eigenvalue weighted by atomic mass is 9.87. The molecular weight excluding hydrogens is 540 g/mol. The molecule has 6 nitrogen and oxygen atoms in total. The molecule has 0 bridgehead atoms. The average Bonchev–Trinajstić information content (AvgIpc) is 2.91. The van der Waals surface area contributed by atoms with Gasteiger partial charge < -0.3 is 14.5 Å². The smallest absolute Gasteiger partial charge is 0.373 e. The van der Waals surface area contributed by atoms with E-state index in [1.165, 1.54) is 6.92 Å². The molecule has 2 aliphatic rings. The number of piperazine rings is 1. The van der Waals surface area contributed by atoms with Gasteiger partial charge in [0, 0.05) is 52.1 Å². The number of amides is 2. The first-order valence-electron chi connectivity index (χ1n) is 13.0. The monoisotopic (exact) mass is 571 g/mol. The number of carbonyl (C=O) groups excluding carboxylic acids is 2. The predicted molar refractivity (Wildman–Crippen MR) is 134 cm³/mol. The number of piperidine rings is 1. The number of rotatable bonds is 6. The Labute approximate surface area is 228 Å². The van der Waals surface area contributed by atoms with Crippen LogP contribution in [0.2, 0.25) is 0 Å². The molecule has 2 heterocycles. The summed E-state index contributed by atoms with van der Waals surface area (Å²) < 4.78 is 85.7. The Balaban J connectivity index is 1.45. The van der Waals surface area contributed by atoms with Crippen molar-refractivity contribution in [3.63, 3.8) is 0 Å². The van der Waals surface area contributed by atoms with Crippen molar-refractivity contribution in [2.45, 2.75) is 44.3 Å². The highest BCUT2D eigenvalue weighted by atomic mass is 19.4. The van der Waals surface area contributed by atoms with Gasteiger partial charge in [0.1, 0.15) is 0 Å². The minimum Gasteiger partial charge on any atom is -0.373 e. The standard InChI is InChI=1S/C28H31F6N3O3/c1-19(38)36-9-11-37(12-10-36)26(39)17-35-8-7-25(24(16-35)21-5-3-2-4-6-21)40-18-20-13-22(27(29,30)31)15-23(14-20)28(32,33)34/h2-6,13-15,24-25H,7-12,16-18H2,1H3/t24?,25-/m0/s1. The van der Waals surface area contributed by atoms with Gasteiger partial charge in [0.2, 0.25) is 11.8 Å². The molecule has 2 amide bonds. The number of likely N-dealkylation sites (tertiary alicyclic amines) is 1. The number of hydrogen-bond donors (Lipinski definition) is 0. The third-order valence-corrected chi connectivity index (χ3v) is 7.41. The van der Waals surface area contributed by atoms with Crippen LogP contribution < -0.4 is 0 Å². The second-order valence-electron chi connectivity index (χ2n) is 10.2. The van der Waals surface area contributed by atoms with Gasteiger partial charge in [-0.3, -0.25) is 14.5 Å². The number of alkyl halides is 6. The normalized spacial score (nSPS) is 21.0. The number of nitrogens with zero attached hydrogens (tertiary/aromatic N) is 3. The highest BCUT2D eigenvalue weighted by Crippen LogP contribution is 2.37. The third kappa shape index (κ3) is 7.54. The lowest BCUT2D eigenvalue weighted by Crippen LogP contribution is -2.53. The Morgan fingerprint density at radius 1 is 0.850 bits per heavy atom. The van der Waals surface area contributed by atoms with Gasteiger partial charge in [0.05, 0.1) is 30.4 Å². The van der Waals surface area contributed by atoms with E-state index >= 15 is 0 Å². The van der Waals surface area contributed by atoms with Gasteiger partial charge in [-0.15, -0.1) is 0 Å². The summed E-state index contributed by atoms with van der Waals surface area (Å²) in [6.07, 6.45) is -9.90. The van der Waals surface area contributed by atoms with Crippen LogP contribution in [-0.2, 0) is 33.3 Å². The van der Waals surface area contributed by atoms with E-state index in [9.17, 15) is 35.9 Å². The molecule has 4 rings (SSSR count). The van der Waals surface area contributed by atoms with E-state index in [4.69, 9.17) is 4.74 Å². The maximum absolute atomic E-state index is 13.3. The van der Waals surface area contributed by atoms with E-state index in [1.807, 2.05) is 35.2 Å². The van der Waals surface area contributed by atoms with Gasteiger partial charge in [-0.25, -0.2) is 0 Å². The molecule has 2 aliphatic heterocycles. The van der Waals surface area contributed by atoms with Crippen molar-refractivity contribution >= 4 is 11.8 Å². The van der Waals surface area contributed by atoms with E-state index in [0.717, 1.165) is 5.56 Å². The van der Waals surface area contributed by atoms with E-state index < -0.39 is 36.2 Å². The second kappa shape index (κ2) is 12.2. The number of hydrogen-bond acceptors (Lipinski definition) is 4. The van der Waals surface area contributed by atoms with Crippen LogP contribution in [0, 0.1) is 0 Å². The highest BCUT2D eigenvalue weighted by molar-refractivity contribution is 5.79. The van der Waals surface area contributed by atoms with E-state index in [0.29, 0.717) is 57.8 Å². The molecule has 0 saturated carbocycles. The lowest BCUT2D eigenvalue weighted by molar-refractivity contribution is -0.143. The maximum atomic E-state index is 13.3. The molecule has 1 unspecified atom stereocenters. The summed E-state index contributed by atoms with van der Waals surface area (Å²) in [5.41, 5.74) is -2.06. The van der Waals surface area contributed by atoms with Crippen LogP contribution in [0.15, 0.2) is 48.5 Å². The summed E-state index contributed by atoms with van der Waals surface area (Å²) in [6, 6.07) is 10.8. The minimum absolute atomic E-state index is 0.0281. The van der Waals surface area contributed by atoms with E-state index in [-0.39, 0.29) is 35.9 Å². The molecule has 0 aromatic heterocycles. The van der Waals surface area contributed by atoms with Crippen LogP contribution in [0.4, 0.5) is 26.3 Å². The van der Waals surface area contributed by atoms with Gasteiger partial charge in [-0.05, 0) is 35.7 Å². The molecule has 0 aliphatic carbocycles. The third-order valence-electron chi connectivity index (χ3n) is 7.41. The predicted octanol–water partition coefficient (Wildman–Crippen LogP) is 4.79. The van der Waals surface area contributed by atoms with Gasteiger partial charge in [0.15, 0.2) is 0 Å². The first kappa shape index (κ1) is 29.9. The van der Waals surface area contributed by atoms with E-state index in [1.54, 1.807) is 9.80 Å². The van der Waals surface area contributed by atoms with Crippen molar-refractivity contribution in [3.8, 4) is 0 Å². The van der Waals surface area contributed by atoms with Crippen LogP contribution in [-0.4, -0.2) is 78.4 Å². The first-order valence-corrected chi connectivity index (χ1v) is 13.0. The Morgan fingerprint density at radius 2 is 1.43 bits per heavy atom. The average molecular weight is 572 g/mol. The molecule has 12 heteroatoms. The summed E-state index contributed by atoms with van der Waals surface area (Å²) in [6.45, 7) is 4.03. The van der Waals surface area contributed by atoms with Crippen LogP contribution >= 0.6 is 0 Å². The fourth-order valence-corrected chi connectivity index (χ4v) is 5.23. The number of ether oxygens (including phenoxy) is 1. The largest absolute Gasteiger partial charge is 0.416 e.